The van der Waals surface area contributed by atoms with Crippen LogP contribution in [0.4, 0.5) is 0 Å². The Morgan fingerprint density at radius 1 is 1.22 bits per heavy atom. The van der Waals surface area contributed by atoms with Crippen molar-refractivity contribution in [3.63, 3.8) is 0 Å². The highest BCUT2D eigenvalue weighted by Crippen LogP contribution is 2.47. The van der Waals surface area contributed by atoms with Gasteiger partial charge < -0.3 is 9.47 Å². The lowest BCUT2D eigenvalue weighted by atomic mass is 10.0. The van der Waals surface area contributed by atoms with Gasteiger partial charge in [-0.2, -0.15) is 0 Å². The maximum Gasteiger partial charge on any atom is 0.160 e. The summed E-state index contributed by atoms with van der Waals surface area (Å²) in [6.07, 6.45) is 4.05. The standard InChI is InChI=1S/C18H22N4S/c1-12(2)21-10-6-8-15(21)17-16(14-7-4-5-9-19-14)20-18-22(17)11-13(3)23-18/h4-10,12-13,16-17H,11H2,1-3H3/t13-,16+,17-/m0/s1. The highest BCUT2D eigenvalue weighted by molar-refractivity contribution is 8.14. The number of rotatable bonds is 3. The molecule has 2 aromatic rings. The van der Waals surface area contributed by atoms with E-state index in [4.69, 9.17) is 4.99 Å². The first-order chi connectivity index (χ1) is 11.1. The summed E-state index contributed by atoms with van der Waals surface area (Å²) in [6.45, 7) is 7.80. The van der Waals surface area contributed by atoms with Gasteiger partial charge in [0.05, 0.1) is 11.7 Å². The van der Waals surface area contributed by atoms with Crippen molar-refractivity contribution in [3.8, 4) is 0 Å². The minimum Gasteiger partial charge on any atom is -0.347 e. The lowest BCUT2D eigenvalue weighted by molar-refractivity contribution is 0.302. The normalized spacial score (nSPS) is 26.7. The average Bonchev–Trinajstić information content (AvgIpc) is 3.21. The molecule has 0 aromatic carbocycles. The van der Waals surface area contributed by atoms with Crippen LogP contribution in [0.5, 0.6) is 0 Å². The number of amidine groups is 1. The van der Waals surface area contributed by atoms with Gasteiger partial charge in [-0.1, -0.05) is 24.8 Å². The molecule has 1 fully saturated rings. The number of aliphatic imine (C=N–C) groups is 1. The molecule has 2 aliphatic heterocycles. The van der Waals surface area contributed by atoms with E-state index in [1.165, 1.54) is 10.9 Å². The summed E-state index contributed by atoms with van der Waals surface area (Å²) < 4.78 is 2.37. The van der Waals surface area contributed by atoms with Crippen molar-refractivity contribution in [2.45, 2.75) is 44.1 Å². The van der Waals surface area contributed by atoms with Crippen LogP contribution >= 0.6 is 11.8 Å². The van der Waals surface area contributed by atoms with Gasteiger partial charge in [0, 0.05) is 35.9 Å². The molecule has 0 bridgehead atoms. The summed E-state index contributed by atoms with van der Waals surface area (Å²) in [5.41, 5.74) is 2.40. The Kier molecular flexibility index (Phi) is 3.68. The Hall–Kier alpha value is -1.75. The molecule has 0 aliphatic carbocycles. The molecule has 2 aliphatic rings. The van der Waals surface area contributed by atoms with Gasteiger partial charge in [-0.05, 0) is 38.1 Å². The minimum atomic E-state index is 0.0820. The van der Waals surface area contributed by atoms with Crippen LogP contribution in [0.3, 0.4) is 0 Å². The van der Waals surface area contributed by atoms with Crippen LogP contribution in [0.2, 0.25) is 0 Å². The Balaban J connectivity index is 1.79. The maximum absolute atomic E-state index is 5.04. The fourth-order valence-electron chi connectivity index (χ4n) is 3.57. The predicted octanol–water partition coefficient (Wildman–Crippen LogP) is 4.05. The number of pyridine rings is 1. The van der Waals surface area contributed by atoms with E-state index in [0.717, 1.165) is 12.2 Å². The quantitative estimate of drug-likeness (QED) is 0.853. The zero-order valence-electron chi connectivity index (χ0n) is 13.8. The van der Waals surface area contributed by atoms with Crippen LogP contribution in [0.25, 0.3) is 0 Å². The number of hydrogen-bond acceptors (Lipinski definition) is 4. The summed E-state index contributed by atoms with van der Waals surface area (Å²) in [4.78, 5) is 12.1. The van der Waals surface area contributed by atoms with Gasteiger partial charge in [0.15, 0.2) is 5.17 Å². The first-order valence-electron chi connectivity index (χ1n) is 8.24. The van der Waals surface area contributed by atoms with Gasteiger partial charge in [-0.25, -0.2) is 0 Å². The summed E-state index contributed by atoms with van der Waals surface area (Å²) in [6, 6.07) is 11.3. The number of aromatic nitrogens is 2. The van der Waals surface area contributed by atoms with E-state index in [9.17, 15) is 0 Å². The molecule has 4 heterocycles. The fraction of sp³-hybridized carbons (Fsp3) is 0.444. The molecule has 23 heavy (non-hydrogen) atoms. The second-order valence-corrected chi connectivity index (χ2v) is 7.98. The average molecular weight is 326 g/mol. The Morgan fingerprint density at radius 2 is 2.09 bits per heavy atom. The zero-order valence-corrected chi connectivity index (χ0v) is 14.6. The molecule has 0 amide bonds. The third-order valence-corrected chi connectivity index (χ3v) is 5.65. The van der Waals surface area contributed by atoms with E-state index >= 15 is 0 Å². The number of nitrogens with zero attached hydrogens (tertiary/aromatic N) is 4. The van der Waals surface area contributed by atoms with Crippen molar-refractivity contribution in [2.24, 2.45) is 4.99 Å². The monoisotopic (exact) mass is 326 g/mol. The van der Waals surface area contributed by atoms with E-state index in [0.29, 0.717) is 11.3 Å². The van der Waals surface area contributed by atoms with Crippen molar-refractivity contribution in [3.05, 3.63) is 54.1 Å². The van der Waals surface area contributed by atoms with Gasteiger partial charge in [-0.3, -0.25) is 9.98 Å². The molecular formula is C18H22N4S. The van der Waals surface area contributed by atoms with Crippen molar-refractivity contribution in [1.82, 2.24) is 14.5 Å². The summed E-state index contributed by atoms with van der Waals surface area (Å²) in [5.74, 6) is 0. The molecular weight excluding hydrogens is 304 g/mol. The van der Waals surface area contributed by atoms with Crippen LogP contribution in [0.1, 0.15) is 50.3 Å². The largest absolute Gasteiger partial charge is 0.347 e. The minimum absolute atomic E-state index is 0.0820. The van der Waals surface area contributed by atoms with Gasteiger partial charge in [0.1, 0.15) is 6.04 Å². The van der Waals surface area contributed by atoms with Gasteiger partial charge in [-0.15, -0.1) is 0 Å². The van der Waals surface area contributed by atoms with E-state index < -0.39 is 0 Å². The van der Waals surface area contributed by atoms with Crippen molar-refractivity contribution >= 4 is 16.9 Å². The molecule has 120 valence electrons. The topological polar surface area (TPSA) is 33.4 Å². The molecule has 0 spiro atoms. The van der Waals surface area contributed by atoms with Crippen LogP contribution in [0, 0.1) is 0 Å². The second-order valence-electron chi connectivity index (χ2n) is 6.57. The molecule has 2 aromatic heterocycles. The van der Waals surface area contributed by atoms with E-state index in [2.05, 4.69) is 65.7 Å². The molecule has 4 nitrogen and oxygen atoms in total. The SMILES string of the molecule is CC(C)n1cccc1[C@H]1[C@@H](c2ccccn2)N=C2S[C@@H](C)CN21. The van der Waals surface area contributed by atoms with Crippen LogP contribution in [0.15, 0.2) is 47.7 Å². The fourth-order valence-corrected chi connectivity index (χ4v) is 4.66. The Bertz CT molecular complexity index is 722. The van der Waals surface area contributed by atoms with E-state index in [1.807, 2.05) is 24.0 Å². The highest BCUT2D eigenvalue weighted by Gasteiger charge is 2.44. The zero-order chi connectivity index (χ0) is 16.0. The molecule has 5 heteroatoms. The van der Waals surface area contributed by atoms with E-state index in [-0.39, 0.29) is 12.1 Å². The maximum atomic E-state index is 5.04. The van der Waals surface area contributed by atoms with Crippen LogP contribution in [-0.4, -0.2) is 31.4 Å². The molecule has 1 saturated heterocycles. The van der Waals surface area contributed by atoms with Gasteiger partial charge >= 0.3 is 0 Å². The smallest absolute Gasteiger partial charge is 0.160 e. The lowest BCUT2D eigenvalue weighted by Gasteiger charge is -2.29. The van der Waals surface area contributed by atoms with Crippen molar-refractivity contribution in [1.29, 1.82) is 0 Å². The molecule has 0 saturated carbocycles. The molecule has 0 radical (unpaired) electrons. The Labute approximate surface area is 141 Å². The number of thioether (sulfide) groups is 1. The second kappa shape index (κ2) is 5.71. The molecule has 4 rings (SSSR count). The number of fused-ring (bicyclic) bond motifs is 1. The van der Waals surface area contributed by atoms with Crippen LogP contribution in [-0.2, 0) is 0 Å². The molecule has 0 unspecified atom stereocenters. The van der Waals surface area contributed by atoms with Crippen LogP contribution < -0.4 is 0 Å². The highest BCUT2D eigenvalue weighted by atomic mass is 32.2. The summed E-state index contributed by atoms with van der Waals surface area (Å²) in [5, 5.41) is 1.78. The third kappa shape index (κ3) is 2.47. The Morgan fingerprint density at radius 3 is 2.83 bits per heavy atom. The molecule has 0 N–H and O–H groups in total. The van der Waals surface area contributed by atoms with E-state index in [1.54, 1.807) is 0 Å². The van der Waals surface area contributed by atoms with Gasteiger partial charge in [0.2, 0.25) is 0 Å². The van der Waals surface area contributed by atoms with Crippen molar-refractivity contribution in [2.75, 3.05) is 6.54 Å². The first-order valence-corrected chi connectivity index (χ1v) is 9.12. The molecule has 3 atom stereocenters. The predicted molar refractivity (Wildman–Crippen MR) is 95.7 cm³/mol. The first kappa shape index (κ1) is 14.8. The van der Waals surface area contributed by atoms with Gasteiger partial charge in [0.25, 0.3) is 0 Å². The summed E-state index contributed by atoms with van der Waals surface area (Å²) in [7, 11) is 0. The third-order valence-electron chi connectivity index (χ3n) is 4.55. The number of hydrogen-bond donors (Lipinski definition) is 0. The lowest BCUT2D eigenvalue weighted by Crippen LogP contribution is -2.30. The van der Waals surface area contributed by atoms with Crippen molar-refractivity contribution < 1.29 is 0 Å². The summed E-state index contributed by atoms with van der Waals surface area (Å²) >= 11 is 1.89.